The first-order valence-corrected chi connectivity index (χ1v) is 8.15. The van der Waals surface area contributed by atoms with Crippen LogP contribution in [-0.4, -0.2) is 56.5 Å². The molecule has 1 aliphatic heterocycles. The number of hydrogen-bond donors (Lipinski definition) is 1. The van der Waals surface area contributed by atoms with Crippen molar-refractivity contribution in [2.24, 2.45) is 0 Å². The molecule has 0 aromatic rings. The van der Waals surface area contributed by atoms with Crippen LogP contribution >= 0.6 is 12.2 Å². The van der Waals surface area contributed by atoms with Gasteiger partial charge in [-0.15, -0.1) is 0 Å². The van der Waals surface area contributed by atoms with E-state index in [0.29, 0.717) is 6.61 Å². The van der Waals surface area contributed by atoms with Crippen molar-refractivity contribution in [3.63, 3.8) is 0 Å². The molecule has 7 heteroatoms. The van der Waals surface area contributed by atoms with Crippen LogP contribution in [0, 0.1) is 0 Å². The average molecular weight is 292 g/mol. The van der Waals surface area contributed by atoms with Crippen LogP contribution in [0.5, 0.6) is 0 Å². The lowest BCUT2D eigenvalue weighted by Gasteiger charge is -2.19. The Labute approximate surface area is 114 Å². The smallest absolute Gasteiger partial charge is 0.257 e. The van der Waals surface area contributed by atoms with Crippen LogP contribution < -0.4 is 5.32 Å². The van der Waals surface area contributed by atoms with Crippen molar-refractivity contribution in [1.29, 1.82) is 0 Å². The minimum absolute atomic E-state index is 0.0482. The molecule has 0 aromatic heterocycles. The highest BCUT2D eigenvalue weighted by Gasteiger charge is 2.22. The van der Waals surface area contributed by atoms with Crippen LogP contribution in [0.25, 0.3) is 0 Å². The molecule has 0 bridgehead atoms. The fourth-order valence-corrected chi connectivity index (χ4v) is 3.14. The van der Waals surface area contributed by atoms with Gasteiger partial charge < -0.3 is 15.0 Å². The third kappa shape index (κ3) is 5.32. The van der Waals surface area contributed by atoms with Crippen molar-refractivity contribution in [2.45, 2.75) is 19.9 Å². The lowest BCUT2D eigenvalue weighted by Crippen LogP contribution is -2.37. The van der Waals surface area contributed by atoms with Crippen molar-refractivity contribution < 1.29 is 13.2 Å². The standard InChI is InChI=1S/C11H20N2O3S2/c1-3-13(4-2)6-7-16-11(17)12-10-5-8-18(14,15)9-10/h5,8,10H,3-4,6-7,9H2,1-2H3,(H,12,17). The number of likely N-dealkylation sites (N-methyl/N-ethyl adjacent to an activating group) is 1. The van der Waals surface area contributed by atoms with Gasteiger partial charge in [-0.05, 0) is 31.4 Å². The van der Waals surface area contributed by atoms with Crippen molar-refractivity contribution in [1.82, 2.24) is 10.2 Å². The summed E-state index contributed by atoms with van der Waals surface area (Å²) in [5.41, 5.74) is 0. The van der Waals surface area contributed by atoms with Gasteiger partial charge in [0.1, 0.15) is 6.61 Å². The summed E-state index contributed by atoms with van der Waals surface area (Å²) < 4.78 is 27.7. The highest BCUT2D eigenvalue weighted by Crippen LogP contribution is 2.07. The first-order chi connectivity index (χ1) is 8.46. The number of thiocarbonyl (C=S) groups is 1. The van der Waals surface area contributed by atoms with Gasteiger partial charge in [0, 0.05) is 12.0 Å². The number of nitrogens with zero attached hydrogens (tertiary/aromatic N) is 1. The maximum atomic E-state index is 11.2. The number of rotatable bonds is 6. The summed E-state index contributed by atoms with van der Waals surface area (Å²) in [5, 5.41) is 4.34. The van der Waals surface area contributed by atoms with Gasteiger partial charge in [-0.1, -0.05) is 13.8 Å². The van der Waals surface area contributed by atoms with Gasteiger partial charge in [0.2, 0.25) is 0 Å². The number of hydrogen-bond acceptors (Lipinski definition) is 5. The van der Waals surface area contributed by atoms with E-state index in [9.17, 15) is 8.42 Å². The summed E-state index contributed by atoms with van der Waals surface area (Å²) >= 11 is 5.01. The number of ether oxygens (including phenoxy) is 1. The molecule has 0 aromatic carbocycles. The zero-order valence-corrected chi connectivity index (χ0v) is 12.4. The lowest BCUT2D eigenvalue weighted by atomic mass is 10.3. The molecule has 18 heavy (non-hydrogen) atoms. The molecule has 1 heterocycles. The van der Waals surface area contributed by atoms with Crippen LogP contribution in [0.15, 0.2) is 11.5 Å². The van der Waals surface area contributed by atoms with Crippen molar-refractivity contribution in [3.8, 4) is 0 Å². The molecule has 0 spiro atoms. The zero-order chi connectivity index (χ0) is 13.6. The summed E-state index contributed by atoms with van der Waals surface area (Å²) in [6, 6.07) is -0.268. The minimum atomic E-state index is -3.05. The molecule has 1 unspecified atom stereocenters. The Balaban J connectivity index is 2.21. The molecule has 5 nitrogen and oxygen atoms in total. The second-order valence-electron chi connectivity index (χ2n) is 4.07. The normalized spacial score (nSPS) is 21.2. The molecule has 1 aliphatic rings. The van der Waals surface area contributed by atoms with E-state index >= 15 is 0 Å². The summed E-state index contributed by atoms with van der Waals surface area (Å²) in [6.45, 7) is 7.46. The third-order valence-corrected chi connectivity index (χ3v) is 4.40. The largest absolute Gasteiger partial charge is 0.470 e. The average Bonchev–Trinajstić information content (AvgIpc) is 2.64. The van der Waals surface area contributed by atoms with Gasteiger partial charge in [0.25, 0.3) is 5.17 Å². The Hall–Kier alpha value is -0.660. The van der Waals surface area contributed by atoms with Crippen LogP contribution in [0.1, 0.15) is 13.8 Å². The third-order valence-electron chi connectivity index (χ3n) is 2.77. The highest BCUT2D eigenvalue weighted by molar-refractivity contribution is 7.94. The van der Waals surface area contributed by atoms with E-state index in [0.717, 1.165) is 19.6 Å². The van der Waals surface area contributed by atoms with E-state index in [1.54, 1.807) is 6.08 Å². The van der Waals surface area contributed by atoms with Crippen LogP contribution in [0.2, 0.25) is 0 Å². The Kier molecular flexibility index (Phi) is 6.04. The maximum Gasteiger partial charge on any atom is 0.257 e. The Morgan fingerprint density at radius 2 is 2.17 bits per heavy atom. The molecule has 0 radical (unpaired) electrons. The Morgan fingerprint density at radius 3 is 2.67 bits per heavy atom. The fourth-order valence-electron chi connectivity index (χ4n) is 1.67. The second kappa shape index (κ2) is 7.06. The zero-order valence-electron chi connectivity index (χ0n) is 10.8. The van der Waals surface area contributed by atoms with Gasteiger partial charge in [-0.2, -0.15) is 0 Å². The van der Waals surface area contributed by atoms with E-state index in [1.165, 1.54) is 5.41 Å². The van der Waals surface area contributed by atoms with E-state index in [4.69, 9.17) is 17.0 Å². The summed E-state index contributed by atoms with van der Waals surface area (Å²) in [6.07, 6.45) is 1.59. The van der Waals surface area contributed by atoms with E-state index in [1.807, 2.05) is 0 Å². The van der Waals surface area contributed by atoms with E-state index in [2.05, 4.69) is 24.1 Å². The molecule has 1 N–H and O–H groups in total. The van der Waals surface area contributed by atoms with Gasteiger partial charge in [-0.25, -0.2) is 8.42 Å². The first-order valence-electron chi connectivity index (χ1n) is 6.03. The van der Waals surface area contributed by atoms with Crippen LogP contribution in [0.3, 0.4) is 0 Å². The number of sulfone groups is 1. The molecule has 104 valence electrons. The monoisotopic (exact) mass is 292 g/mol. The molecule has 0 saturated carbocycles. The second-order valence-corrected chi connectivity index (χ2v) is 6.37. The predicted molar refractivity (Wildman–Crippen MR) is 76.2 cm³/mol. The number of nitrogens with one attached hydrogen (secondary N) is 1. The topological polar surface area (TPSA) is 58.6 Å². The van der Waals surface area contributed by atoms with Crippen molar-refractivity contribution >= 4 is 27.2 Å². The van der Waals surface area contributed by atoms with Crippen LogP contribution in [0.4, 0.5) is 0 Å². The Morgan fingerprint density at radius 1 is 1.50 bits per heavy atom. The SMILES string of the molecule is CCN(CC)CCOC(=S)NC1C=CS(=O)(=O)C1. The van der Waals surface area contributed by atoms with Crippen molar-refractivity contribution in [2.75, 3.05) is 32.0 Å². The molecular weight excluding hydrogens is 272 g/mol. The molecule has 0 aliphatic carbocycles. The summed E-state index contributed by atoms with van der Waals surface area (Å²) in [4.78, 5) is 2.22. The van der Waals surface area contributed by atoms with E-state index < -0.39 is 9.84 Å². The van der Waals surface area contributed by atoms with Gasteiger partial charge >= 0.3 is 0 Å². The molecule has 0 saturated heterocycles. The molecule has 1 atom stereocenters. The van der Waals surface area contributed by atoms with Crippen LogP contribution in [-0.2, 0) is 14.6 Å². The van der Waals surface area contributed by atoms with Crippen molar-refractivity contribution in [3.05, 3.63) is 11.5 Å². The highest BCUT2D eigenvalue weighted by atomic mass is 32.2. The first kappa shape index (κ1) is 15.4. The maximum absolute atomic E-state index is 11.2. The molecule has 0 fully saturated rings. The quantitative estimate of drug-likeness (QED) is 0.721. The Bertz CT molecular complexity index is 403. The fraction of sp³-hybridized carbons (Fsp3) is 0.727. The summed E-state index contributed by atoms with van der Waals surface area (Å²) in [7, 11) is -3.05. The molecule has 0 amide bonds. The van der Waals surface area contributed by atoms with Gasteiger partial charge in [0.05, 0.1) is 11.8 Å². The molecule has 1 rings (SSSR count). The van der Waals surface area contributed by atoms with Gasteiger partial charge in [-0.3, -0.25) is 0 Å². The minimum Gasteiger partial charge on any atom is -0.470 e. The summed E-state index contributed by atoms with van der Waals surface area (Å²) in [5.74, 6) is 0.0482. The van der Waals surface area contributed by atoms with E-state index in [-0.39, 0.29) is 17.0 Å². The lowest BCUT2D eigenvalue weighted by molar-refractivity contribution is 0.213. The molecular formula is C11H20N2O3S2. The van der Waals surface area contributed by atoms with Gasteiger partial charge in [0.15, 0.2) is 9.84 Å². The predicted octanol–water partition coefficient (Wildman–Crippen LogP) is 0.530.